The Morgan fingerprint density at radius 1 is 1.17 bits per heavy atom. The molecule has 2 aromatic carbocycles. The lowest BCUT2D eigenvalue weighted by Gasteiger charge is -2.24. The van der Waals surface area contributed by atoms with Gasteiger partial charge in [-0.15, -0.1) is 5.10 Å². The number of methoxy groups -OCH3 is 2. The van der Waals surface area contributed by atoms with Crippen molar-refractivity contribution in [1.29, 1.82) is 5.26 Å². The molecule has 1 aliphatic heterocycles. The van der Waals surface area contributed by atoms with Gasteiger partial charge in [0.15, 0.2) is 0 Å². The fraction of sp³-hybridized carbons (Fsp3) is 0.143. The van der Waals surface area contributed by atoms with E-state index in [9.17, 15) is 14.0 Å². The lowest BCUT2D eigenvalue weighted by atomic mass is 9.82. The number of nitrogens with zero attached hydrogens (tertiary/aromatic N) is 2. The number of halogens is 2. The minimum atomic E-state index is -1.04. The maximum Gasteiger partial charge on any atom is 0.244 e. The third-order valence-electron chi connectivity index (χ3n) is 4.88. The first-order chi connectivity index (χ1) is 14.5. The van der Waals surface area contributed by atoms with E-state index in [4.69, 9.17) is 19.9 Å². The number of allylic oxidation sites excluding steroid dienone is 1. The minimum absolute atomic E-state index is 0.0556. The van der Waals surface area contributed by atoms with Crippen LogP contribution < -0.4 is 19.9 Å². The highest BCUT2D eigenvalue weighted by Crippen LogP contribution is 2.48. The van der Waals surface area contributed by atoms with Gasteiger partial charge in [-0.05, 0) is 36.4 Å². The minimum Gasteiger partial charge on any atom is -0.497 e. The molecule has 0 fully saturated rings. The highest BCUT2D eigenvalue weighted by Gasteiger charge is 2.37. The van der Waals surface area contributed by atoms with E-state index >= 15 is 0 Å². The molecule has 0 bridgehead atoms. The summed E-state index contributed by atoms with van der Waals surface area (Å²) in [6.07, 6.45) is 0. The second kappa shape index (κ2) is 7.40. The number of fused-ring (bicyclic) bond motifs is 1. The molecular formula is C21H16F2N4O3. The van der Waals surface area contributed by atoms with Crippen molar-refractivity contribution in [1.82, 2.24) is 10.2 Å². The molecule has 4 rings (SSSR count). The second-order valence-corrected chi connectivity index (χ2v) is 6.47. The maximum absolute atomic E-state index is 14.7. The average Bonchev–Trinajstić information content (AvgIpc) is 3.17. The van der Waals surface area contributed by atoms with Gasteiger partial charge in [-0.3, -0.25) is 5.10 Å². The molecule has 0 spiro atoms. The molecule has 7 nitrogen and oxygen atoms in total. The molecule has 1 aromatic heterocycles. The van der Waals surface area contributed by atoms with Gasteiger partial charge in [0.25, 0.3) is 0 Å². The predicted octanol–water partition coefficient (Wildman–Crippen LogP) is 3.59. The van der Waals surface area contributed by atoms with Crippen LogP contribution in [0.15, 0.2) is 47.9 Å². The first kappa shape index (κ1) is 19.3. The van der Waals surface area contributed by atoms with E-state index in [0.717, 1.165) is 18.2 Å². The van der Waals surface area contributed by atoms with E-state index in [0.29, 0.717) is 28.3 Å². The zero-order chi connectivity index (χ0) is 21.4. The number of nitriles is 1. The third kappa shape index (κ3) is 2.99. The summed E-state index contributed by atoms with van der Waals surface area (Å²) < 4.78 is 44.9. The van der Waals surface area contributed by atoms with Crippen molar-refractivity contribution in [2.45, 2.75) is 5.92 Å². The molecule has 1 atom stereocenters. The number of hydrogen-bond acceptors (Lipinski definition) is 6. The Balaban J connectivity index is 2.01. The molecule has 0 saturated heterocycles. The summed E-state index contributed by atoms with van der Waals surface area (Å²) in [5, 5.41) is 16.7. The molecule has 9 heteroatoms. The molecule has 30 heavy (non-hydrogen) atoms. The molecular weight excluding hydrogens is 394 g/mol. The van der Waals surface area contributed by atoms with Crippen molar-refractivity contribution in [2.75, 3.05) is 14.2 Å². The smallest absolute Gasteiger partial charge is 0.244 e. The lowest BCUT2D eigenvalue weighted by molar-refractivity contribution is 0.377. The van der Waals surface area contributed by atoms with Crippen LogP contribution in [-0.2, 0) is 0 Å². The zero-order valence-corrected chi connectivity index (χ0v) is 16.0. The largest absolute Gasteiger partial charge is 0.497 e. The second-order valence-electron chi connectivity index (χ2n) is 6.47. The Hall–Kier alpha value is -4.06. The number of hydrogen-bond donors (Lipinski definition) is 2. The van der Waals surface area contributed by atoms with Crippen LogP contribution in [0, 0.1) is 23.0 Å². The summed E-state index contributed by atoms with van der Waals surface area (Å²) >= 11 is 0. The molecule has 3 aromatic rings. The molecule has 0 aliphatic carbocycles. The maximum atomic E-state index is 14.7. The fourth-order valence-corrected chi connectivity index (χ4v) is 3.51. The van der Waals surface area contributed by atoms with Gasteiger partial charge in [0.2, 0.25) is 11.8 Å². The average molecular weight is 410 g/mol. The first-order valence-corrected chi connectivity index (χ1v) is 8.81. The number of ether oxygens (including phenoxy) is 3. The number of rotatable bonds is 4. The molecule has 0 amide bonds. The number of H-pyrrole nitrogens is 1. The number of aromatic amines is 1. The highest BCUT2D eigenvalue weighted by molar-refractivity contribution is 5.76. The summed E-state index contributed by atoms with van der Waals surface area (Å²) in [7, 11) is 3.01. The summed E-state index contributed by atoms with van der Waals surface area (Å²) in [5.74, 6) is -1.55. The number of benzene rings is 2. The normalized spacial score (nSPS) is 15.2. The Bertz CT molecular complexity index is 1210. The van der Waals surface area contributed by atoms with Crippen molar-refractivity contribution < 1.29 is 23.0 Å². The number of aromatic nitrogens is 2. The molecule has 0 saturated carbocycles. The van der Waals surface area contributed by atoms with E-state index in [2.05, 4.69) is 10.2 Å². The van der Waals surface area contributed by atoms with E-state index in [1.54, 1.807) is 18.2 Å². The van der Waals surface area contributed by atoms with Gasteiger partial charge in [0.1, 0.15) is 34.8 Å². The summed E-state index contributed by atoms with van der Waals surface area (Å²) in [4.78, 5) is 0. The van der Waals surface area contributed by atoms with Crippen LogP contribution >= 0.6 is 0 Å². The topological polar surface area (TPSA) is 106 Å². The van der Waals surface area contributed by atoms with Gasteiger partial charge in [-0.25, -0.2) is 8.78 Å². The highest BCUT2D eigenvalue weighted by atomic mass is 19.1. The van der Waals surface area contributed by atoms with Gasteiger partial charge in [-0.1, -0.05) is 0 Å². The van der Waals surface area contributed by atoms with Crippen molar-refractivity contribution in [3.05, 3.63) is 70.6 Å². The number of nitrogens with two attached hydrogens (primary N) is 1. The van der Waals surface area contributed by atoms with Crippen LogP contribution in [0.2, 0.25) is 0 Å². The van der Waals surface area contributed by atoms with Gasteiger partial charge >= 0.3 is 0 Å². The van der Waals surface area contributed by atoms with Crippen LogP contribution in [-0.4, -0.2) is 24.4 Å². The van der Waals surface area contributed by atoms with Crippen molar-refractivity contribution >= 4 is 0 Å². The standard InChI is InChI=1S/C21H16F2N4O3/c1-28-11-4-6-16(29-2)13(8-11)19-18-17(12-7-10(22)3-5-15(12)23)14(9-24)20(25)30-21(18)27-26-19/h3-8,17H,25H2,1-2H3,(H,26,27)/t17-/m0/s1. The van der Waals surface area contributed by atoms with E-state index < -0.39 is 17.6 Å². The van der Waals surface area contributed by atoms with Gasteiger partial charge in [0.05, 0.1) is 31.4 Å². The van der Waals surface area contributed by atoms with Crippen LogP contribution in [0.5, 0.6) is 17.4 Å². The lowest BCUT2D eigenvalue weighted by Crippen LogP contribution is -2.21. The molecule has 0 unspecified atom stereocenters. The molecule has 2 heterocycles. The molecule has 1 aliphatic rings. The number of nitrogens with one attached hydrogen (secondary N) is 1. The summed E-state index contributed by atoms with van der Waals surface area (Å²) in [5.41, 5.74) is 7.03. The van der Waals surface area contributed by atoms with E-state index in [1.165, 1.54) is 14.2 Å². The zero-order valence-electron chi connectivity index (χ0n) is 16.0. The Morgan fingerprint density at radius 2 is 1.97 bits per heavy atom. The van der Waals surface area contributed by atoms with Crippen LogP contribution in [0.25, 0.3) is 11.3 Å². The predicted molar refractivity (Wildman–Crippen MR) is 103 cm³/mol. The summed E-state index contributed by atoms with van der Waals surface area (Å²) in [6.45, 7) is 0. The van der Waals surface area contributed by atoms with Gasteiger partial charge in [0, 0.05) is 11.1 Å². The molecule has 3 N–H and O–H groups in total. The fourth-order valence-electron chi connectivity index (χ4n) is 3.51. The SMILES string of the molecule is COc1ccc(OC)c(-c2[nH]nc3c2[C@@H](c2cc(F)ccc2F)C(C#N)=C(N)O3)c1. The van der Waals surface area contributed by atoms with Gasteiger partial charge < -0.3 is 19.9 Å². The Kier molecular flexibility index (Phi) is 4.75. The van der Waals surface area contributed by atoms with Gasteiger partial charge in [-0.2, -0.15) is 5.26 Å². The summed E-state index contributed by atoms with van der Waals surface area (Å²) in [6, 6.07) is 10.1. The first-order valence-electron chi connectivity index (χ1n) is 8.81. The third-order valence-corrected chi connectivity index (χ3v) is 4.88. The van der Waals surface area contributed by atoms with Crippen molar-refractivity contribution in [3.63, 3.8) is 0 Å². The van der Waals surface area contributed by atoms with E-state index in [1.807, 2.05) is 6.07 Å². The van der Waals surface area contributed by atoms with E-state index in [-0.39, 0.29) is 22.9 Å². The van der Waals surface area contributed by atoms with Crippen LogP contribution in [0.3, 0.4) is 0 Å². The van der Waals surface area contributed by atoms with Crippen LogP contribution in [0.4, 0.5) is 8.78 Å². The Morgan fingerprint density at radius 3 is 2.67 bits per heavy atom. The van der Waals surface area contributed by atoms with Crippen molar-refractivity contribution in [2.24, 2.45) is 5.73 Å². The molecule has 152 valence electrons. The quantitative estimate of drug-likeness (QED) is 0.681. The Labute approximate surface area is 170 Å². The van der Waals surface area contributed by atoms with Crippen molar-refractivity contribution in [3.8, 4) is 34.7 Å². The monoisotopic (exact) mass is 410 g/mol. The molecule has 0 radical (unpaired) electrons. The van der Waals surface area contributed by atoms with Crippen LogP contribution in [0.1, 0.15) is 17.0 Å².